The van der Waals surface area contributed by atoms with Crippen molar-refractivity contribution in [1.82, 2.24) is 4.72 Å². The lowest BCUT2D eigenvalue weighted by Crippen LogP contribution is -2.30. The molecule has 94 valence electrons. The molecule has 1 saturated carbocycles. The molecule has 0 radical (unpaired) electrons. The Balaban J connectivity index is 1.57. The molecule has 0 aromatic carbocycles. The summed E-state index contributed by atoms with van der Waals surface area (Å²) in [7, 11) is -2.98. The summed E-state index contributed by atoms with van der Waals surface area (Å²) in [6.07, 6.45) is 3.87. The Morgan fingerprint density at radius 2 is 1.88 bits per heavy atom. The largest absolute Gasteiger partial charge is 0.381 e. The molecule has 2 aliphatic rings. The van der Waals surface area contributed by atoms with Gasteiger partial charge in [0.15, 0.2) is 0 Å². The molecule has 1 heterocycles. The molecule has 0 unspecified atom stereocenters. The number of hydrogen-bond acceptors (Lipinski definition) is 4. The van der Waals surface area contributed by atoms with Crippen LogP contribution in [0.3, 0.4) is 0 Å². The van der Waals surface area contributed by atoms with Gasteiger partial charge in [-0.25, -0.2) is 13.1 Å². The van der Waals surface area contributed by atoms with Crippen LogP contribution in [0, 0.1) is 0 Å². The standard InChI is InChI=1S/C10H19NO3S2/c12-16(13,10-1-2-10)11-5-8-15-9-3-6-14-7-4-9/h9-11H,1-8H2. The van der Waals surface area contributed by atoms with Crippen LogP contribution in [0.15, 0.2) is 0 Å². The molecule has 2 rings (SSSR count). The molecule has 1 N–H and O–H groups in total. The lowest BCUT2D eigenvalue weighted by Gasteiger charge is -2.21. The van der Waals surface area contributed by atoms with E-state index >= 15 is 0 Å². The van der Waals surface area contributed by atoms with Crippen LogP contribution in [0.1, 0.15) is 25.7 Å². The summed E-state index contributed by atoms with van der Waals surface area (Å²) in [4.78, 5) is 0. The zero-order chi connectivity index (χ0) is 11.4. The first-order valence-corrected chi connectivity index (χ1v) is 8.46. The average molecular weight is 265 g/mol. The van der Waals surface area contributed by atoms with Crippen molar-refractivity contribution >= 4 is 21.8 Å². The summed E-state index contributed by atoms with van der Waals surface area (Å²) in [5, 5.41) is 0.555. The molecule has 6 heteroatoms. The van der Waals surface area contributed by atoms with E-state index in [9.17, 15) is 8.42 Å². The predicted molar refractivity (Wildman–Crippen MR) is 66.2 cm³/mol. The summed E-state index contributed by atoms with van der Waals surface area (Å²) in [6, 6.07) is 0. The SMILES string of the molecule is O=S(=O)(NCCSC1CCOCC1)C1CC1. The van der Waals surface area contributed by atoms with E-state index in [4.69, 9.17) is 4.74 Å². The van der Waals surface area contributed by atoms with Gasteiger partial charge in [0.05, 0.1) is 5.25 Å². The highest BCUT2D eigenvalue weighted by molar-refractivity contribution is 8.00. The third-order valence-corrected chi connectivity index (χ3v) is 6.23. The van der Waals surface area contributed by atoms with E-state index in [1.807, 2.05) is 11.8 Å². The topological polar surface area (TPSA) is 55.4 Å². The van der Waals surface area contributed by atoms with E-state index < -0.39 is 10.0 Å². The molecule has 1 aliphatic carbocycles. The summed E-state index contributed by atoms with van der Waals surface area (Å²) in [5.41, 5.74) is 0. The molecule has 0 amide bonds. The van der Waals surface area contributed by atoms with Gasteiger partial charge in [0, 0.05) is 30.8 Å². The lowest BCUT2D eigenvalue weighted by molar-refractivity contribution is 0.100. The summed E-state index contributed by atoms with van der Waals surface area (Å²) in [6.45, 7) is 2.28. The molecular formula is C10H19NO3S2. The van der Waals surface area contributed by atoms with E-state index in [0.29, 0.717) is 11.8 Å². The lowest BCUT2D eigenvalue weighted by atomic mass is 10.2. The van der Waals surface area contributed by atoms with Crippen LogP contribution in [0.5, 0.6) is 0 Å². The van der Waals surface area contributed by atoms with Gasteiger partial charge in [-0.15, -0.1) is 0 Å². The minimum Gasteiger partial charge on any atom is -0.381 e. The van der Waals surface area contributed by atoms with Gasteiger partial charge in [-0.3, -0.25) is 0 Å². The van der Waals surface area contributed by atoms with Crippen molar-refractivity contribution in [3.8, 4) is 0 Å². The maximum atomic E-state index is 11.5. The van der Waals surface area contributed by atoms with Gasteiger partial charge in [-0.2, -0.15) is 11.8 Å². The maximum Gasteiger partial charge on any atom is 0.214 e. The van der Waals surface area contributed by atoms with Crippen molar-refractivity contribution in [2.45, 2.75) is 36.2 Å². The molecular weight excluding hydrogens is 246 g/mol. The Kier molecular flexibility index (Phi) is 4.52. The van der Waals surface area contributed by atoms with Crippen molar-refractivity contribution in [2.75, 3.05) is 25.5 Å². The second-order valence-corrected chi connectivity index (χ2v) is 7.77. The van der Waals surface area contributed by atoms with Gasteiger partial charge >= 0.3 is 0 Å². The molecule has 0 spiro atoms. The Morgan fingerprint density at radius 3 is 2.50 bits per heavy atom. The van der Waals surface area contributed by atoms with Gasteiger partial charge in [-0.05, 0) is 25.7 Å². The first-order chi connectivity index (χ1) is 7.68. The van der Waals surface area contributed by atoms with Crippen LogP contribution in [0.4, 0.5) is 0 Å². The Morgan fingerprint density at radius 1 is 1.19 bits per heavy atom. The van der Waals surface area contributed by atoms with Crippen LogP contribution in [0.2, 0.25) is 0 Å². The van der Waals surface area contributed by atoms with Crippen molar-refractivity contribution < 1.29 is 13.2 Å². The van der Waals surface area contributed by atoms with E-state index in [1.54, 1.807) is 0 Å². The molecule has 0 aromatic rings. The number of rotatable bonds is 6. The Hall–Kier alpha value is 0.220. The van der Waals surface area contributed by atoms with Crippen LogP contribution in [-0.4, -0.2) is 44.4 Å². The van der Waals surface area contributed by atoms with Gasteiger partial charge in [0.25, 0.3) is 0 Å². The molecule has 16 heavy (non-hydrogen) atoms. The smallest absolute Gasteiger partial charge is 0.214 e. The van der Waals surface area contributed by atoms with Crippen molar-refractivity contribution in [3.63, 3.8) is 0 Å². The molecule has 0 bridgehead atoms. The first kappa shape index (κ1) is 12.7. The normalized spacial score (nSPS) is 23.5. The maximum absolute atomic E-state index is 11.5. The molecule has 0 aromatic heterocycles. The summed E-state index contributed by atoms with van der Waals surface area (Å²) >= 11 is 1.86. The minimum atomic E-state index is -2.98. The molecule has 1 saturated heterocycles. The van der Waals surface area contributed by atoms with Gasteiger partial charge in [-0.1, -0.05) is 0 Å². The second-order valence-electron chi connectivity index (χ2n) is 4.32. The third-order valence-electron chi connectivity index (χ3n) is 2.89. The number of nitrogens with one attached hydrogen (secondary N) is 1. The molecule has 1 aliphatic heterocycles. The Bertz CT molecular complexity index is 308. The van der Waals surface area contributed by atoms with Crippen LogP contribution < -0.4 is 4.72 Å². The fourth-order valence-electron chi connectivity index (χ4n) is 1.75. The van der Waals surface area contributed by atoms with E-state index in [0.717, 1.165) is 44.6 Å². The average Bonchev–Trinajstić information content (AvgIpc) is 3.10. The summed E-state index contributed by atoms with van der Waals surface area (Å²) < 4.78 is 31.0. The van der Waals surface area contributed by atoms with Crippen LogP contribution in [-0.2, 0) is 14.8 Å². The van der Waals surface area contributed by atoms with Crippen molar-refractivity contribution in [2.24, 2.45) is 0 Å². The Labute approximate surface area is 102 Å². The number of hydrogen-bond donors (Lipinski definition) is 1. The van der Waals surface area contributed by atoms with Crippen molar-refractivity contribution in [3.05, 3.63) is 0 Å². The van der Waals surface area contributed by atoms with Crippen LogP contribution >= 0.6 is 11.8 Å². The van der Waals surface area contributed by atoms with Crippen molar-refractivity contribution in [1.29, 1.82) is 0 Å². The quantitative estimate of drug-likeness (QED) is 0.727. The van der Waals surface area contributed by atoms with Crippen LogP contribution in [0.25, 0.3) is 0 Å². The highest BCUT2D eigenvalue weighted by atomic mass is 32.2. The van der Waals surface area contributed by atoms with E-state index in [2.05, 4.69) is 4.72 Å². The predicted octanol–water partition coefficient (Wildman–Crippen LogP) is 0.980. The molecule has 2 fully saturated rings. The second kappa shape index (κ2) is 5.71. The molecule has 4 nitrogen and oxygen atoms in total. The number of sulfonamides is 1. The van der Waals surface area contributed by atoms with Gasteiger partial charge < -0.3 is 4.74 Å². The monoisotopic (exact) mass is 265 g/mol. The highest BCUT2D eigenvalue weighted by Gasteiger charge is 2.35. The van der Waals surface area contributed by atoms with Gasteiger partial charge in [0.1, 0.15) is 0 Å². The minimum absolute atomic E-state index is 0.0967. The van der Waals surface area contributed by atoms with E-state index in [1.165, 1.54) is 0 Å². The number of thioether (sulfide) groups is 1. The fourth-order valence-corrected chi connectivity index (χ4v) is 4.34. The highest BCUT2D eigenvalue weighted by Crippen LogP contribution is 2.27. The first-order valence-electron chi connectivity index (χ1n) is 5.86. The van der Waals surface area contributed by atoms with Gasteiger partial charge in [0.2, 0.25) is 10.0 Å². The zero-order valence-corrected chi connectivity index (χ0v) is 11.0. The summed E-state index contributed by atoms with van der Waals surface area (Å²) in [5.74, 6) is 0.872. The molecule has 0 atom stereocenters. The number of ether oxygens (including phenoxy) is 1. The zero-order valence-electron chi connectivity index (χ0n) is 9.35. The van der Waals surface area contributed by atoms with E-state index in [-0.39, 0.29) is 5.25 Å². The third kappa shape index (κ3) is 3.91. The fraction of sp³-hybridized carbons (Fsp3) is 1.00.